The van der Waals surface area contributed by atoms with Crippen LogP contribution in [0.5, 0.6) is 5.75 Å². The van der Waals surface area contributed by atoms with Crippen molar-refractivity contribution >= 4 is 32.5 Å². The lowest BCUT2D eigenvalue weighted by molar-refractivity contribution is 0.0918. The molecule has 39 heavy (non-hydrogen) atoms. The fourth-order valence-electron chi connectivity index (χ4n) is 4.46. The molecule has 1 aliphatic heterocycles. The van der Waals surface area contributed by atoms with E-state index in [9.17, 15) is 22.0 Å². The van der Waals surface area contributed by atoms with Crippen molar-refractivity contribution in [3.63, 3.8) is 0 Å². The molecule has 2 heterocycles. The van der Waals surface area contributed by atoms with Gasteiger partial charge in [-0.3, -0.25) is 4.79 Å². The summed E-state index contributed by atoms with van der Waals surface area (Å²) in [5, 5.41) is 6.11. The van der Waals surface area contributed by atoms with Crippen molar-refractivity contribution in [2.75, 3.05) is 45.4 Å². The van der Waals surface area contributed by atoms with Gasteiger partial charge >= 0.3 is 0 Å². The van der Waals surface area contributed by atoms with E-state index in [2.05, 4.69) is 32.4 Å². The topological polar surface area (TPSA) is 106 Å². The number of rotatable bonds is 8. The summed E-state index contributed by atoms with van der Waals surface area (Å²) in [6.07, 6.45) is 1.48. The molecule has 0 radical (unpaired) electrons. The number of sulfone groups is 1. The number of nitrogens with zero attached hydrogens (tertiary/aromatic N) is 3. The maximum Gasteiger partial charge on any atom is 0.256 e. The number of ether oxygens (including phenoxy) is 1. The lowest BCUT2D eigenvalue weighted by Crippen LogP contribution is -2.43. The number of halogens is 2. The van der Waals surface area contributed by atoms with Crippen molar-refractivity contribution in [3.05, 3.63) is 47.8 Å². The molecule has 12 heteroatoms. The molecule has 0 saturated carbocycles. The van der Waals surface area contributed by atoms with Gasteiger partial charge in [0.2, 0.25) is 0 Å². The zero-order chi connectivity index (χ0) is 28.2. The van der Waals surface area contributed by atoms with Gasteiger partial charge in [0, 0.05) is 17.9 Å². The zero-order valence-corrected chi connectivity index (χ0v) is 22.8. The molecule has 2 aromatic carbocycles. The van der Waals surface area contributed by atoms with Crippen molar-refractivity contribution in [2.45, 2.75) is 36.7 Å². The number of fused-ring (bicyclic) bond motifs is 1. The zero-order valence-electron chi connectivity index (χ0n) is 22.0. The number of imidazole rings is 1. The number of piperidine rings is 1. The van der Waals surface area contributed by atoms with Gasteiger partial charge in [0.1, 0.15) is 11.3 Å². The molecule has 0 spiro atoms. The number of carbonyl (C=O) groups excluding carboxylic acids is 1. The molecule has 0 aliphatic carbocycles. The number of carbonyl (C=O) groups is 1. The molecule has 0 bridgehead atoms. The van der Waals surface area contributed by atoms with Crippen molar-refractivity contribution in [1.82, 2.24) is 19.8 Å². The molecule has 2 N–H and O–H groups in total. The van der Waals surface area contributed by atoms with E-state index in [4.69, 9.17) is 4.74 Å². The molecule has 1 aliphatic rings. The second-order valence-electron chi connectivity index (χ2n) is 9.52. The van der Waals surface area contributed by atoms with Crippen LogP contribution in [-0.2, 0) is 16.4 Å². The molecule has 4 rings (SSSR count). The summed E-state index contributed by atoms with van der Waals surface area (Å²) in [6.45, 7) is 1.33. The van der Waals surface area contributed by atoms with Gasteiger partial charge in [-0.15, -0.1) is 0 Å². The minimum Gasteiger partial charge on any atom is -0.495 e. The van der Waals surface area contributed by atoms with E-state index in [0.29, 0.717) is 28.0 Å². The normalized spacial score (nSPS) is 14.7. The Labute approximate surface area is 226 Å². The van der Waals surface area contributed by atoms with Gasteiger partial charge < -0.3 is 24.8 Å². The molecule has 1 fully saturated rings. The number of anilines is 1. The standard InChI is InChI=1S/C27H31F2N5O4S/c1-33-11-8-19(9-12-33)32-27(35)21-13-18(14-23-26(21)31-17-34(23)16-25(28)29)5-4-10-30-22-15-20(39(3,36)37)6-7-24(22)38-2/h6-7,13-15,17,19,25,30H,8-12,16H2,1-3H3,(H,32,35). The van der Waals surface area contributed by atoms with Crippen LogP contribution in [0.2, 0.25) is 0 Å². The average molecular weight is 560 g/mol. The summed E-state index contributed by atoms with van der Waals surface area (Å²) in [7, 11) is 0.0969. The van der Waals surface area contributed by atoms with Crippen molar-refractivity contribution < 1.29 is 26.7 Å². The predicted octanol–water partition coefficient (Wildman–Crippen LogP) is 3.00. The minimum absolute atomic E-state index is 0.0171. The Morgan fingerprint density at radius 3 is 2.64 bits per heavy atom. The Hall–Kier alpha value is -3.69. The van der Waals surface area contributed by atoms with Crippen LogP contribution in [0, 0.1) is 11.8 Å². The van der Waals surface area contributed by atoms with Crippen molar-refractivity contribution in [2.24, 2.45) is 0 Å². The van der Waals surface area contributed by atoms with Crippen LogP contribution >= 0.6 is 0 Å². The highest BCUT2D eigenvalue weighted by molar-refractivity contribution is 7.90. The first-order chi connectivity index (χ1) is 18.5. The minimum atomic E-state index is -3.41. The van der Waals surface area contributed by atoms with Gasteiger partial charge in [-0.25, -0.2) is 22.2 Å². The Morgan fingerprint density at radius 2 is 1.97 bits per heavy atom. The lowest BCUT2D eigenvalue weighted by Gasteiger charge is -2.29. The number of hydrogen-bond donors (Lipinski definition) is 2. The molecule has 1 aromatic heterocycles. The maximum absolute atomic E-state index is 13.2. The lowest BCUT2D eigenvalue weighted by atomic mass is 10.0. The number of likely N-dealkylation sites (tertiary alicyclic amines) is 1. The molecule has 9 nitrogen and oxygen atoms in total. The highest BCUT2D eigenvalue weighted by Crippen LogP contribution is 2.27. The summed E-state index contributed by atoms with van der Waals surface area (Å²) >= 11 is 0. The first kappa shape index (κ1) is 28.3. The van der Waals surface area contributed by atoms with Gasteiger partial charge in [-0.2, -0.15) is 0 Å². The van der Waals surface area contributed by atoms with Gasteiger partial charge in [-0.05, 0) is 63.3 Å². The average Bonchev–Trinajstić information content (AvgIpc) is 3.28. The van der Waals surface area contributed by atoms with Crippen LogP contribution in [0.15, 0.2) is 41.6 Å². The monoisotopic (exact) mass is 559 g/mol. The summed E-state index contributed by atoms with van der Waals surface area (Å²) in [5.41, 5.74) is 1.93. The summed E-state index contributed by atoms with van der Waals surface area (Å²) in [4.78, 5) is 19.8. The van der Waals surface area contributed by atoms with E-state index < -0.39 is 22.8 Å². The highest BCUT2D eigenvalue weighted by atomic mass is 32.2. The number of alkyl halides is 2. The molecule has 208 valence electrons. The van der Waals surface area contributed by atoms with Gasteiger partial charge in [0.25, 0.3) is 12.3 Å². The molecule has 0 unspecified atom stereocenters. The molecule has 1 amide bonds. The molecular weight excluding hydrogens is 528 g/mol. The number of benzene rings is 2. The first-order valence-electron chi connectivity index (χ1n) is 12.4. The van der Waals surface area contributed by atoms with Gasteiger partial charge in [0.15, 0.2) is 9.84 Å². The summed E-state index contributed by atoms with van der Waals surface area (Å²) < 4.78 is 56.8. The molecule has 3 aromatic rings. The number of amides is 1. The van der Waals surface area contributed by atoms with E-state index >= 15 is 0 Å². The predicted molar refractivity (Wildman–Crippen MR) is 145 cm³/mol. The van der Waals surface area contributed by atoms with Crippen LogP contribution in [0.1, 0.15) is 28.8 Å². The quantitative estimate of drug-likeness (QED) is 0.409. The number of hydrogen-bond acceptors (Lipinski definition) is 7. The summed E-state index contributed by atoms with van der Waals surface area (Å²) in [6, 6.07) is 7.75. The van der Waals surface area contributed by atoms with E-state index in [0.717, 1.165) is 32.2 Å². The van der Waals surface area contributed by atoms with Crippen LogP contribution in [0.25, 0.3) is 11.0 Å². The SMILES string of the molecule is COc1ccc(S(C)(=O)=O)cc1NCC#Cc1cc(C(=O)NC2CCN(C)CC2)c2ncn(CC(F)F)c2c1. The van der Waals surface area contributed by atoms with E-state index in [1.807, 2.05) is 7.05 Å². The van der Waals surface area contributed by atoms with Gasteiger partial charge in [0.05, 0.1) is 48.2 Å². The molecule has 0 atom stereocenters. The second-order valence-corrected chi connectivity index (χ2v) is 11.5. The van der Waals surface area contributed by atoms with E-state index in [1.54, 1.807) is 18.2 Å². The van der Waals surface area contributed by atoms with Crippen LogP contribution in [0.3, 0.4) is 0 Å². The largest absolute Gasteiger partial charge is 0.495 e. The van der Waals surface area contributed by atoms with Crippen molar-refractivity contribution in [1.29, 1.82) is 0 Å². The third-order valence-electron chi connectivity index (χ3n) is 6.56. The van der Waals surface area contributed by atoms with Crippen molar-refractivity contribution in [3.8, 4) is 17.6 Å². The maximum atomic E-state index is 13.2. The smallest absolute Gasteiger partial charge is 0.256 e. The highest BCUT2D eigenvalue weighted by Gasteiger charge is 2.22. The van der Waals surface area contributed by atoms with E-state index in [-0.39, 0.29) is 29.0 Å². The van der Waals surface area contributed by atoms with Crippen LogP contribution in [0.4, 0.5) is 14.5 Å². The van der Waals surface area contributed by atoms with Gasteiger partial charge in [-0.1, -0.05) is 11.8 Å². The Kier molecular flexibility index (Phi) is 8.72. The third-order valence-corrected chi connectivity index (χ3v) is 7.67. The fourth-order valence-corrected chi connectivity index (χ4v) is 5.11. The Balaban J connectivity index is 1.60. The van der Waals surface area contributed by atoms with Crippen LogP contribution < -0.4 is 15.4 Å². The molecule has 1 saturated heterocycles. The third kappa shape index (κ3) is 7.04. The Morgan fingerprint density at radius 1 is 1.23 bits per heavy atom. The fraction of sp³-hybridized carbons (Fsp3) is 0.407. The van der Waals surface area contributed by atoms with Crippen LogP contribution in [-0.4, -0.2) is 81.3 Å². The second kappa shape index (κ2) is 12.0. The first-order valence-corrected chi connectivity index (χ1v) is 14.3. The Bertz CT molecular complexity index is 1520. The number of methoxy groups -OCH3 is 1. The van der Waals surface area contributed by atoms with E-state index in [1.165, 1.54) is 30.1 Å². The number of nitrogens with one attached hydrogen (secondary N) is 2. The molecular formula is C27H31F2N5O4S. The number of aromatic nitrogens is 2. The summed E-state index contributed by atoms with van der Waals surface area (Å²) in [5.74, 6) is 6.06.